The molecule has 0 aliphatic carbocycles. The van der Waals surface area contributed by atoms with Crippen LogP contribution in [0.5, 0.6) is 5.75 Å². The van der Waals surface area contributed by atoms with Gasteiger partial charge in [0.05, 0.1) is 18.1 Å². The van der Waals surface area contributed by atoms with Crippen molar-refractivity contribution in [1.82, 2.24) is 0 Å². The number of aryl methyl sites for hydroxylation is 1. The van der Waals surface area contributed by atoms with Gasteiger partial charge in [-0.25, -0.2) is 0 Å². The summed E-state index contributed by atoms with van der Waals surface area (Å²) in [5.41, 5.74) is 1.73. The number of hydrogen-bond acceptors (Lipinski definition) is 2. The SMILES string of the molecule is CCOc1ccc(C(C)(C)C#N)c(C)c1. The molecule has 0 heterocycles. The van der Waals surface area contributed by atoms with Crippen molar-refractivity contribution < 1.29 is 4.74 Å². The first kappa shape index (κ1) is 11.6. The Labute approximate surface area is 91.5 Å². The first-order valence-electron chi connectivity index (χ1n) is 5.16. The lowest BCUT2D eigenvalue weighted by molar-refractivity contribution is 0.340. The van der Waals surface area contributed by atoms with Crippen LogP contribution in [0, 0.1) is 18.3 Å². The lowest BCUT2D eigenvalue weighted by atomic mass is 9.83. The molecular weight excluding hydrogens is 186 g/mol. The third-order valence-electron chi connectivity index (χ3n) is 2.46. The van der Waals surface area contributed by atoms with Gasteiger partial charge in [0, 0.05) is 0 Å². The van der Waals surface area contributed by atoms with E-state index in [1.807, 2.05) is 45.9 Å². The van der Waals surface area contributed by atoms with Gasteiger partial charge in [-0.1, -0.05) is 6.07 Å². The van der Waals surface area contributed by atoms with Crippen molar-refractivity contribution in [3.05, 3.63) is 29.3 Å². The highest BCUT2D eigenvalue weighted by atomic mass is 16.5. The van der Waals surface area contributed by atoms with Gasteiger partial charge in [-0.05, 0) is 51.0 Å². The summed E-state index contributed by atoms with van der Waals surface area (Å²) < 4.78 is 5.41. The normalized spacial score (nSPS) is 10.9. The number of rotatable bonds is 3. The molecule has 0 N–H and O–H groups in total. The Hall–Kier alpha value is -1.49. The molecule has 2 nitrogen and oxygen atoms in total. The lowest BCUT2D eigenvalue weighted by Gasteiger charge is -2.19. The molecule has 2 heteroatoms. The van der Waals surface area contributed by atoms with Crippen molar-refractivity contribution in [1.29, 1.82) is 5.26 Å². The molecule has 1 aromatic rings. The zero-order chi connectivity index (χ0) is 11.5. The predicted octanol–water partition coefficient (Wildman–Crippen LogP) is 3.19. The van der Waals surface area contributed by atoms with Gasteiger partial charge in [0.25, 0.3) is 0 Å². The highest BCUT2D eigenvalue weighted by Gasteiger charge is 2.21. The maximum atomic E-state index is 9.06. The molecular formula is C13H17NO. The van der Waals surface area contributed by atoms with Crippen LogP contribution in [0.2, 0.25) is 0 Å². The first-order chi connectivity index (χ1) is 7.01. The second-order valence-corrected chi connectivity index (χ2v) is 4.15. The molecule has 0 atom stereocenters. The summed E-state index contributed by atoms with van der Waals surface area (Å²) in [5.74, 6) is 0.868. The molecule has 0 aromatic heterocycles. The minimum absolute atomic E-state index is 0.436. The standard InChI is InChI=1S/C13H17NO/c1-5-15-11-6-7-12(10(2)8-11)13(3,4)9-14/h6-8H,5H2,1-4H3. The van der Waals surface area contributed by atoms with Crippen LogP contribution in [0.4, 0.5) is 0 Å². The van der Waals surface area contributed by atoms with Crippen molar-refractivity contribution in [3.63, 3.8) is 0 Å². The van der Waals surface area contributed by atoms with Crippen LogP contribution in [-0.4, -0.2) is 6.61 Å². The number of benzene rings is 1. The molecule has 0 unspecified atom stereocenters. The molecule has 0 fully saturated rings. The van der Waals surface area contributed by atoms with Crippen LogP contribution in [0.25, 0.3) is 0 Å². The van der Waals surface area contributed by atoms with E-state index in [1.165, 1.54) is 0 Å². The molecule has 0 bridgehead atoms. The van der Waals surface area contributed by atoms with E-state index in [1.54, 1.807) is 0 Å². The second-order valence-electron chi connectivity index (χ2n) is 4.15. The smallest absolute Gasteiger partial charge is 0.119 e. The summed E-state index contributed by atoms with van der Waals surface area (Å²) in [6.07, 6.45) is 0. The Balaban J connectivity index is 3.10. The molecule has 0 amide bonds. The van der Waals surface area contributed by atoms with Crippen molar-refractivity contribution >= 4 is 0 Å². The number of ether oxygens (including phenoxy) is 1. The molecule has 0 saturated carbocycles. The molecule has 15 heavy (non-hydrogen) atoms. The van der Waals surface area contributed by atoms with E-state index in [0.29, 0.717) is 6.61 Å². The molecule has 1 aromatic carbocycles. The molecule has 80 valence electrons. The van der Waals surface area contributed by atoms with Crippen LogP contribution >= 0.6 is 0 Å². The number of nitrogens with zero attached hydrogens (tertiary/aromatic N) is 1. The van der Waals surface area contributed by atoms with Crippen molar-refractivity contribution in [2.45, 2.75) is 33.1 Å². The maximum absolute atomic E-state index is 9.06. The Morgan fingerprint density at radius 1 is 1.40 bits per heavy atom. The zero-order valence-electron chi connectivity index (χ0n) is 9.79. The van der Waals surface area contributed by atoms with E-state index < -0.39 is 5.41 Å². The van der Waals surface area contributed by atoms with Gasteiger partial charge in [0.15, 0.2) is 0 Å². The summed E-state index contributed by atoms with van der Waals surface area (Å²) in [6, 6.07) is 8.19. The quantitative estimate of drug-likeness (QED) is 0.755. The van der Waals surface area contributed by atoms with E-state index in [4.69, 9.17) is 10.00 Å². The van der Waals surface area contributed by atoms with Gasteiger partial charge in [0.2, 0.25) is 0 Å². The largest absolute Gasteiger partial charge is 0.494 e. The molecule has 0 aliphatic rings. The summed E-state index contributed by atoms with van der Waals surface area (Å²) in [7, 11) is 0. The molecule has 1 rings (SSSR count). The van der Waals surface area contributed by atoms with Gasteiger partial charge in [0.1, 0.15) is 5.75 Å². The van der Waals surface area contributed by atoms with Crippen LogP contribution in [0.15, 0.2) is 18.2 Å². The van der Waals surface area contributed by atoms with E-state index in [-0.39, 0.29) is 0 Å². The Morgan fingerprint density at radius 2 is 2.07 bits per heavy atom. The first-order valence-corrected chi connectivity index (χ1v) is 5.16. The molecule has 0 aliphatic heterocycles. The summed E-state index contributed by atoms with van der Waals surface area (Å²) in [6.45, 7) is 8.49. The van der Waals surface area contributed by atoms with E-state index in [9.17, 15) is 0 Å². The topological polar surface area (TPSA) is 33.0 Å². The maximum Gasteiger partial charge on any atom is 0.119 e. The number of nitriles is 1. The molecule has 0 spiro atoms. The van der Waals surface area contributed by atoms with Gasteiger partial charge < -0.3 is 4.74 Å². The minimum Gasteiger partial charge on any atom is -0.494 e. The van der Waals surface area contributed by atoms with Gasteiger partial charge >= 0.3 is 0 Å². The molecule has 0 saturated heterocycles. The van der Waals surface area contributed by atoms with Crippen LogP contribution < -0.4 is 4.74 Å². The van der Waals surface area contributed by atoms with Crippen LogP contribution in [0.3, 0.4) is 0 Å². The highest BCUT2D eigenvalue weighted by Crippen LogP contribution is 2.28. The fourth-order valence-corrected chi connectivity index (χ4v) is 1.65. The fraction of sp³-hybridized carbons (Fsp3) is 0.462. The molecule has 0 radical (unpaired) electrons. The Morgan fingerprint density at radius 3 is 2.53 bits per heavy atom. The van der Waals surface area contributed by atoms with Crippen LogP contribution in [-0.2, 0) is 5.41 Å². The van der Waals surface area contributed by atoms with Crippen molar-refractivity contribution in [2.24, 2.45) is 0 Å². The van der Waals surface area contributed by atoms with Gasteiger partial charge in [-0.3, -0.25) is 0 Å². The monoisotopic (exact) mass is 203 g/mol. The number of hydrogen-bond donors (Lipinski definition) is 0. The summed E-state index contributed by atoms with van der Waals surface area (Å²) in [5, 5.41) is 9.06. The lowest BCUT2D eigenvalue weighted by Crippen LogP contribution is -2.15. The summed E-state index contributed by atoms with van der Waals surface area (Å²) in [4.78, 5) is 0. The van der Waals surface area contributed by atoms with Gasteiger partial charge in [-0.15, -0.1) is 0 Å². The van der Waals surface area contributed by atoms with Gasteiger partial charge in [-0.2, -0.15) is 5.26 Å². The van der Waals surface area contributed by atoms with Crippen molar-refractivity contribution in [3.8, 4) is 11.8 Å². The summed E-state index contributed by atoms with van der Waals surface area (Å²) >= 11 is 0. The third kappa shape index (κ3) is 2.50. The van der Waals surface area contributed by atoms with E-state index in [2.05, 4.69) is 6.07 Å². The average Bonchev–Trinajstić information content (AvgIpc) is 2.18. The van der Waals surface area contributed by atoms with E-state index >= 15 is 0 Å². The Kier molecular flexibility index (Phi) is 3.36. The average molecular weight is 203 g/mol. The fourth-order valence-electron chi connectivity index (χ4n) is 1.65. The Bertz CT molecular complexity index is 388. The third-order valence-corrected chi connectivity index (χ3v) is 2.46. The highest BCUT2D eigenvalue weighted by molar-refractivity contribution is 5.41. The predicted molar refractivity (Wildman–Crippen MR) is 61.0 cm³/mol. The van der Waals surface area contributed by atoms with Crippen LogP contribution in [0.1, 0.15) is 31.9 Å². The second kappa shape index (κ2) is 4.35. The van der Waals surface area contributed by atoms with E-state index in [0.717, 1.165) is 16.9 Å². The minimum atomic E-state index is -0.436. The van der Waals surface area contributed by atoms with Crippen molar-refractivity contribution in [2.75, 3.05) is 6.61 Å². The zero-order valence-corrected chi connectivity index (χ0v) is 9.79.